The number of hydrogen-bond acceptors (Lipinski definition) is 5. The number of aryl methyl sites for hydroxylation is 1. The van der Waals surface area contributed by atoms with E-state index in [-0.39, 0.29) is 6.61 Å². The number of thiazole rings is 1. The molecule has 16 heavy (non-hydrogen) atoms. The second kappa shape index (κ2) is 7.73. The van der Waals surface area contributed by atoms with Crippen LogP contribution in [0.5, 0.6) is 0 Å². The molecule has 1 aromatic rings. The fourth-order valence-electron chi connectivity index (χ4n) is 1.52. The largest absolute Gasteiger partial charge is 0.395 e. The summed E-state index contributed by atoms with van der Waals surface area (Å²) in [5, 5.41) is 8.96. The van der Waals surface area contributed by atoms with Crippen molar-refractivity contribution in [3.05, 3.63) is 16.1 Å². The number of ether oxygens (including phenoxy) is 1. The average Bonchev–Trinajstić information content (AvgIpc) is 2.68. The molecule has 1 rings (SSSR count). The molecular formula is C11H20N2O2S. The summed E-state index contributed by atoms with van der Waals surface area (Å²) in [6, 6.07) is 0. The SMILES string of the molecule is COCCN(CCO)CCc1scnc1C. The number of methoxy groups -OCH3 is 1. The van der Waals surface area contributed by atoms with Gasteiger partial charge >= 0.3 is 0 Å². The summed E-state index contributed by atoms with van der Waals surface area (Å²) in [6.07, 6.45) is 1.00. The van der Waals surface area contributed by atoms with Gasteiger partial charge in [0.1, 0.15) is 0 Å². The van der Waals surface area contributed by atoms with Crippen LogP contribution in [0.1, 0.15) is 10.6 Å². The van der Waals surface area contributed by atoms with Crippen LogP contribution in [0, 0.1) is 6.92 Å². The first kappa shape index (κ1) is 13.6. The number of rotatable bonds is 8. The minimum absolute atomic E-state index is 0.200. The first-order valence-corrected chi connectivity index (χ1v) is 6.37. The highest BCUT2D eigenvalue weighted by Crippen LogP contribution is 2.13. The molecule has 0 bridgehead atoms. The average molecular weight is 244 g/mol. The number of nitrogens with zero attached hydrogens (tertiary/aromatic N) is 2. The van der Waals surface area contributed by atoms with E-state index < -0.39 is 0 Å². The molecule has 0 spiro atoms. The van der Waals surface area contributed by atoms with Crippen molar-refractivity contribution in [2.45, 2.75) is 13.3 Å². The molecule has 0 aromatic carbocycles. The number of aliphatic hydroxyl groups excluding tert-OH is 1. The van der Waals surface area contributed by atoms with Crippen LogP contribution in [-0.2, 0) is 11.2 Å². The van der Waals surface area contributed by atoms with Crippen LogP contribution < -0.4 is 0 Å². The van der Waals surface area contributed by atoms with E-state index >= 15 is 0 Å². The van der Waals surface area contributed by atoms with Crippen molar-refractivity contribution in [3.8, 4) is 0 Å². The van der Waals surface area contributed by atoms with E-state index in [1.807, 2.05) is 12.4 Å². The Kier molecular flexibility index (Phi) is 6.56. The molecule has 1 heterocycles. The van der Waals surface area contributed by atoms with Gasteiger partial charge in [-0.25, -0.2) is 4.98 Å². The van der Waals surface area contributed by atoms with Crippen LogP contribution in [0.15, 0.2) is 5.51 Å². The maximum atomic E-state index is 8.96. The second-order valence-electron chi connectivity index (χ2n) is 3.67. The van der Waals surface area contributed by atoms with Gasteiger partial charge in [-0.2, -0.15) is 0 Å². The van der Waals surface area contributed by atoms with E-state index in [0.29, 0.717) is 13.2 Å². The van der Waals surface area contributed by atoms with Crippen molar-refractivity contribution in [3.63, 3.8) is 0 Å². The summed E-state index contributed by atoms with van der Waals surface area (Å²) in [5.41, 5.74) is 3.01. The van der Waals surface area contributed by atoms with E-state index in [1.54, 1.807) is 18.4 Å². The Balaban J connectivity index is 2.34. The van der Waals surface area contributed by atoms with Crippen LogP contribution >= 0.6 is 11.3 Å². The predicted octanol–water partition coefficient (Wildman–Crippen LogP) is 0.935. The summed E-state index contributed by atoms with van der Waals surface area (Å²) in [5.74, 6) is 0. The monoisotopic (exact) mass is 244 g/mol. The van der Waals surface area contributed by atoms with Crippen molar-refractivity contribution in [1.82, 2.24) is 9.88 Å². The molecule has 92 valence electrons. The van der Waals surface area contributed by atoms with Gasteiger partial charge in [-0.05, 0) is 13.3 Å². The summed E-state index contributed by atoms with van der Waals surface area (Å²) in [6.45, 7) is 5.48. The van der Waals surface area contributed by atoms with Crippen molar-refractivity contribution >= 4 is 11.3 Å². The zero-order chi connectivity index (χ0) is 11.8. The Hall–Kier alpha value is -0.490. The van der Waals surface area contributed by atoms with E-state index in [2.05, 4.69) is 9.88 Å². The summed E-state index contributed by atoms with van der Waals surface area (Å²) in [4.78, 5) is 7.77. The highest BCUT2D eigenvalue weighted by atomic mass is 32.1. The summed E-state index contributed by atoms with van der Waals surface area (Å²) >= 11 is 1.70. The highest BCUT2D eigenvalue weighted by Gasteiger charge is 2.07. The number of aliphatic hydroxyl groups is 1. The van der Waals surface area contributed by atoms with Crippen LogP contribution in [0.2, 0.25) is 0 Å². The molecule has 0 aliphatic heterocycles. The molecule has 0 unspecified atom stereocenters. The van der Waals surface area contributed by atoms with Gasteiger partial charge < -0.3 is 9.84 Å². The van der Waals surface area contributed by atoms with Crippen molar-refractivity contribution in [2.24, 2.45) is 0 Å². The van der Waals surface area contributed by atoms with Crippen molar-refractivity contribution in [1.29, 1.82) is 0 Å². The normalized spacial score (nSPS) is 11.2. The third kappa shape index (κ3) is 4.57. The fourth-order valence-corrected chi connectivity index (χ4v) is 2.29. The van der Waals surface area contributed by atoms with Gasteiger partial charge in [-0.3, -0.25) is 4.90 Å². The van der Waals surface area contributed by atoms with Crippen LogP contribution in [-0.4, -0.2) is 54.9 Å². The van der Waals surface area contributed by atoms with Gasteiger partial charge in [0.05, 0.1) is 24.4 Å². The van der Waals surface area contributed by atoms with Crippen molar-refractivity contribution in [2.75, 3.05) is 40.0 Å². The minimum atomic E-state index is 0.200. The molecule has 0 radical (unpaired) electrons. The Bertz CT molecular complexity index is 291. The van der Waals surface area contributed by atoms with Gasteiger partial charge in [0.2, 0.25) is 0 Å². The molecule has 4 nitrogen and oxygen atoms in total. The molecule has 1 aromatic heterocycles. The molecule has 0 fully saturated rings. The van der Waals surface area contributed by atoms with Crippen LogP contribution in [0.25, 0.3) is 0 Å². The molecule has 0 amide bonds. The van der Waals surface area contributed by atoms with Crippen molar-refractivity contribution < 1.29 is 9.84 Å². The Labute approximate surface area is 101 Å². The van der Waals surface area contributed by atoms with Gasteiger partial charge in [-0.15, -0.1) is 11.3 Å². The molecular weight excluding hydrogens is 224 g/mol. The molecule has 0 atom stereocenters. The maximum absolute atomic E-state index is 8.96. The van der Waals surface area contributed by atoms with E-state index in [1.165, 1.54) is 4.88 Å². The predicted molar refractivity (Wildman–Crippen MR) is 66.0 cm³/mol. The lowest BCUT2D eigenvalue weighted by molar-refractivity contribution is 0.132. The minimum Gasteiger partial charge on any atom is -0.395 e. The van der Waals surface area contributed by atoms with E-state index in [9.17, 15) is 0 Å². The molecule has 1 N–H and O–H groups in total. The van der Waals surface area contributed by atoms with Gasteiger partial charge in [-0.1, -0.05) is 0 Å². The molecule has 0 aliphatic rings. The lowest BCUT2D eigenvalue weighted by Gasteiger charge is -2.20. The fraction of sp³-hybridized carbons (Fsp3) is 0.727. The van der Waals surface area contributed by atoms with Gasteiger partial charge in [0, 0.05) is 31.6 Å². The zero-order valence-electron chi connectivity index (χ0n) is 9.98. The van der Waals surface area contributed by atoms with E-state index in [4.69, 9.17) is 9.84 Å². The third-order valence-corrected chi connectivity index (χ3v) is 3.52. The first-order chi connectivity index (χ1) is 7.77. The molecule has 0 saturated carbocycles. The summed E-state index contributed by atoms with van der Waals surface area (Å²) < 4.78 is 5.05. The molecule has 0 saturated heterocycles. The summed E-state index contributed by atoms with van der Waals surface area (Å²) in [7, 11) is 1.70. The standard InChI is InChI=1S/C11H20N2O2S/c1-10-11(16-9-12-10)3-4-13(5-7-14)6-8-15-2/h9,14H,3-8H2,1-2H3. The molecule has 5 heteroatoms. The highest BCUT2D eigenvalue weighted by molar-refractivity contribution is 7.09. The number of aromatic nitrogens is 1. The topological polar surface area (TPSA) is 45.6 Å². The number of hydrogen-bond donors (Lipinski definition) is 1. The molecule has 0 aliphatic carbocycles. The van der Waals surface area contributed by atoms with Crippen LogP contribution in [0.3, 0.4) is 0 Å². The van der Waals surface area contributed by atoms with E-state index in [0.717, 1.165) is 25.2 Å². The van der Waals surface area contributed by atoms with Gasteiger partial charge in [0.25, 0.3) is 0 Å². The lowest BCUT2D eigenvalue weighted by Crippen LogP contribution is -2.32. The zero-order valence-corrected chi connectivity index (χ0v) is 10.8. The Morgan fingerprint density at radius 3 is 2.81 bits per heavy atom. The second-order valence-corrected chi connectivity index (χ2v) is 4.61. The third-order valence-electron chi connectivity index (χ3n) is 2.53. The Morgan fingerprint density at radius 2 is 2.25 bits per heavy atom. The first-order valence-electron chi connectivity index (χ1n) is 5.49. The quantitative estimate of drug-likeness (QED) is 0.739. The Morgan fingerprint density at radius 1 is 1.44 bits per heavy atom. The van der Waals surface area contributed by atoms with Gasteiger partial charge in [0.15, 0.2) is 0 Å². The smallest absolute Gasteiger partial charge is 0.0797 e. The lowest BCUT2D eigenvalue weighted by atomic mass is 10.3. The van der Waals surface area contributed by atoms with Crippen LogP contribution in [0.4, 0.5) is 0 Å². The maximum Gasteiger partial charge on any atom is 0.0797 e.